The Morgan fingerprint density at radius 2 is 1.89 bits per heavy atom. The lowest BCUT2D eigenvalue weighted by molar-refractivity contribution is 0.0940. The van der Waals surface area contributed by atoms with Crippen LogP contribution in [0.3, 0.4) is 0 Å². The number of benzene rings is 2. The average Bonchev–Trinajstić information content (AvgIpc) is 2.64. The third-order valence-electron chi connectivity index (χ3n) is 3.80. The second-order valence-electron chi connectivity index (χ2n) is 6.55. The number of sulfonamides is 1. The normalized spacial score (nSPS) is 11.3. The Bertz CT molecular complexity index is 926. The molecule has 0 aliphatic heterocycles. The van der Waals surface area contributed by atoms with Crippen molar-refractivity contribution in [1.82, 2.24) is 10.0 Å². The van der Waals surface area contributed by atoms with Crippen LogP contribution in [-0.4, -0.2) is 40.6 Å². The Labute approximate surface area is 166 Å². The van der Waals surface area contributed by atoms with Crippen LogP contribution in [0.25, 0.3) is 0 Å². The molecule has 0 spiro atoms. The molecule has 0 saturated heterocycles. The van der Waals surface area contributed by atoms with Crippen molar-refractivity contribution in [1.29, 1.82) is 0 Å². The molecule has 1 amide bonds. The Morgan fingerprint density at radius 1 is 1.14 bits per heavy atom. The van der Waals surface area contributed by atoms with Crippen LogP contribution < -0.4 is 19.5 Å². The van der Waals surface area contributed by atoms with Gasteiger partial charge in [0.15, 0.2) is 0 Å². The first-order valence-corrected chi connectivity index (χ1v) is 10.4. The van der Waals surface area contributed by atoms with Gasteiger partial charge in [-0.15, -0.1) is 0 Å². The van der Waals surface area contributed by atoms with Crippen molar-refractivity contribution >= 4 is 15.9 Å². The van der Waals surface area contributed by atoms with E-state index in [0.717, 1.165) is 5.56 Å². The predicted molar refractivity (Wildman–Crippen MR) is 107 cm³/mol. The molecule has 7 nitrogen and oxygen atoms in total. The lowest BCUT2D eigenvalue weighted by Crippen LogP contribution is -2.31. The SMILES string of the molecule is COc1ccc(S(=O)(=O)NCCOc2cccc(C)c2)cc1C(=O)NC(C)C. The van der Waals surface area contributed by atoms with Crippen LogP contribution in [0.15, 0.2) is 47.4 Å². The number of carbonyl (C=O) groups excluding carboxylic acids is 1. The molecule has 0 radical (unpaired) electrons. The summed E-state index contributed by atoms with van der Waals surface area (Å²) in [4.78, 5) is 12.3. The summed E-state index contributed by atoms with van der Waals surface area (Å²) in [6, 6.07) is 11.6. The molecular weight excluding hydrogens is 380 g/mol. The summed E-state index contributed by atoms with van der Waals surface area (Å²) < 4.78 is 38.3. The molecule has 2 aromatic rings. The van der Waals surface area contributed by atoms with Crippen molar-refractivity contribution in [3.63, 3.8) is 0 Å². The third kappa shape index (κ3) is 5.97. The molecule has 0 atom stereocenters. The van der Waals surface area contributed by atoms with Crippen molar-refractivity contribution in [2.45, 2.75) is 31.7 Å². The van der Waals surface area contributed by atoms with E-state index in [2.05, 4.69) is 10.0 Å². The van der Waals surface area contributed by atoms with Crippen molar-refractivity contribution in [3.05, 3.63) is 53.6 Å². The highest BCUT2D eigenvalue weighted by molar-refractivity contribution is 7.89. The van der Waals surface area contributed by atoms with E-state index in [1.54, 1.807) is 0 Å². The van der Waals surface area contributed by atoms with Crippen LogP contribution in [-0.2, 0) is 10.0 Å². The molecule has 0 aliphatic carbocycles. The first kappa shape index (κ1) is 21.7. The highest BCUT2D eigenvalue weighted by atomic mass is 32.2. The molecule has 8 heteroatoms. The predicted octanol–water partition coefficient (Wildman–Crippen LogP) is 2.50. The highest BCUT2D eigenvalue weighted by Gasteiger charge is 2.20. The van der Waals surface area contributed by atoms with Crippen LogP contribution in [0.2, 0.25) is 0 Å². The minimum absolute atomic E-state index is 0.0160. The van der Waals surface area contributed by atoms with Gasteiger partial charge in [0.2, 0.25) is 10.0 Å². The number of methoxy groups -OCH3 is 1. The molecule has 2 aromatic carbocycles. The summed E-state index contributed by atoms with van der Waals surface area (Å²) in [5, 5.41) is 2.73. The molecule has 28 heavy (non-hydrogen) atoms. The van der Waals surface area contributed by atoms with E-state index in [1.807, 2.05) is 45.0 Å². The topological polar surface area (TPSA) is 93.7 Å². The van der Waals surface area contributed by atoms with E-state index < -0.39 is 15.9 Å². The maximum atomic E-state index is 12.6. The van der Waals surface area contributed by atoms with Crippen LogP contribution in [0, 0.1) is 6.92 Å². The summed E-state index contributed by atoms with van der Waals surface area (Å²) in [7, 11) is -2.37. The lowest BCUT2D eigenvalue weighted by Gasteiger charge is -2.14. The molecule has 152 valence electrons. The van der Waals surface area contributed by atoms with E-state index in [-0.39, 0.29) is 29.7 Å². The summed E-state index contributed by atoms with van der Waals surface area (Å²) >= 11 is 0. The molecule has 0 saturated carbocycles. The smallest absolute Gasteiger partial charge is 0.255 e. The van der Waals surface area contributed by atoms with Crippen LogP contribution in [0.5, 0.6) is 11.5 Å². The van der Waals surface area contributed by atoms with Gasteiger partial charge in [0, 0.05) is 12.6 Å². The second kappa shape index (κ2) is 9.57. The molecule has 0 fully saturated rings. The summed E-state index contributed by atoms with van der Waals surface area (Å²) in [6.07, 6.45) is 0. The quantitative estimate of drug-likeness (QED) is 0.624. The van der Waals surface area contributed by atoms with Gasteiger partial charge >= 0.3 is 0 Å². The van der Waals surface area contributed by atoms with Gasteiger partial charge in [0.05, 0.1) is 17.6 Å². The van der Waals surface area contributed by atoms with Crippen LogP contribution in [0.4, 0.5) is 0 Å². The zero-order valence-electron chi connectivity index (χ0n) is 16.5. The molecule has 0 aromatic heterocycles. The zero-order chi connectivity index (χ0) is 20.7. The standard InChI is InChI=1S/C20H26N2O5S/c1-14(2)22-20(23)18-13-17(8-9-19(18)26-4)28(24,25)21-10-11-27-16-7-5-6-15(3)12-16/h5-9,12-14,21H,10-11H2,1-4H3,(H,22,23). The number of carbonyl (C=O) groups is 1. The Balaban J connectivity index is 2.06. The first-order chi connectivity index (χ1) is 13.2. The van der Waals surface area contributed by atoms with Gasteiger partial charge in [-0.3, -0.25) is 4.79 Å². The van der Waals surface area contributed by atoms with Gasteiger partial charge in [0.1, 0.15) is 18.1 Å². The van der Waals surface area contributed by atoms with Gasteiger partial charge in [-0.05, 0) is 56.7 Å². The number of amides is 1. The number of nitrogens with one attached hydrogen (secondary N) is 2. The Kier molecular flexibility index (Phi) is 7.42. The van der Waals surface area contributed by atoms with Crippen molar-refractivity contribution < 1.29 is 22.7 Å². The summed E-state index contributed by atoms with van der Waals surface area (Å²) in [5.41, 5.74) is 1.22. The van der Waals surface area contributed by atoms with Crippen molar-refractivity contribution in [3.8, 4) is 11.5 Å². The molecule has 0 unspecified atom stereocenters. The average molecular weight is 407 g/mol. The van der Waals surface area contributed by atoms with E-state index in [4.69, 9.17) is 9.47 Å². The maximum Gasteiger partial charge on any atom is 0.255 e. The van der Waals surface area contributed by atoms with Gasteiger partial charge in [-0.2, -0.15) is 0 Å². The number of ether oxygens (including phenoxy) is 2. The van der Waals surface area contributed by atoms with Crippen molar-refractivity contribution in [2.75, 3.05) is 20.3 Å². The lowest BCUT2D eigenvalue weighted by atomic mass is 10.2. The van der Waals surface area contributed by atoms with Gasteiger partial charge in [0.25, 0.3) is 5.91 Å². The fourth-order valence-electron chi connectivity index (χ4n) is 2.51. The summed E-state index contributed by atoms with van der Waals surface area (Å²) in [6.45, 7) is 5.86. The molecule has 0 bridgehead atoms. The number of rotatable bonds is 9. The minimum atomic E-state index is -3.80. The molecule has 2 rings (SSSR count). The third-order valence-corrected chi connectivity index (χ3v) is 5.26. The van der Waals surface area contributed by atoms with Crippen molar-refractivity contribution in [2.24, 2.45) is 0 Å². The Hall–Kier alpha value is -2.58. The summed E-state index contributed by atoms with van der Waals surface area (Å²) in [5.74, 6) is 0.586. The Morgan fingerprint density at radius 3 is 2.54 bits per heavy atom. The van der Waals surface area contributed by atoms with E-state index in [9.17, 15) is 13.2 Å². The number of aryl methyl sites for hydroxylation is 1. The molecular formula is C20H26N2O5S. The van der Waals surface area contributed by atoms with Crippen LogP contribution >= 0.6 is 0 Å². The van der Waals surface area contributed by atoms with Gasteiger partial charge in [-0.1, -0.05) is 12.1 Å². The fraction of sp³-hybridized carbons (Fsp3) is 0.350. The van der Waals surface area contributed by atoms with E-state index in [1.165, 1.54) is 25.3 Å². The first-order valence-electron chi connectivity index (χ1n) is 8.91. The largest absolute Gasteiger partial charge is 0.496 e. The van der Waals surface area contributed by atoms with E-state index in [0.29, 0.717) is 11.5 Å². The minimum Gasteiger partial charge on any atom is -0.496 e. The van der Waals surface area contributed by atoms with E-state index >= 15 is 0 Å². The zero-order valence-corrected chi connectivity index (χ0v) is 17.3. The monoisotopic (exact) mass is 406 g/mol. The number of hydrogen-bond acceptors (Lipinski definition) is 5. The van der Waals surface area contributed by atoms with Gasteiger partial charge < -0.3 is 14.8 Å². The highest BCUT2D eigenvalue weighted by Crippen LogP contribution is 2.22. The molecule has 0 heterocycles. The maximum absolute atomic E-state index is 12.6. The second-order valence-corrected chi connectivity index (χ2v) is 8.32. The van der Waals surface area contributed by atoms with Crippen LogP contribution in [0.1, 0.15) is 29.8 Å². The number of hydrogen-bond donors (Lipinski definition) is 2. The molecule has 0 aliphatic rings. The molecule has 2 N–H and O–H groups in total. The van der Waals surface area contributed by atoms with Gasteiger partial charge in [-0.25, -0.2) is 13.1 Å². The fourth-order valence-corrected chi connectivity index (χ4v) is 3.54.